The molecule has 3 rings (SSSR count). The highest BCUT2D eigenvalue weighted by Crippen LogP contribution is 2.25. The third-order valence-electron chi connectivity index (χ3n) is 4.73. The van der Waals surface area contributed by atoms with Crippen LogP contribution in [0.4, 0.5) is 8.78 Å². The monoisotopic (exact) mass is 506 g/mol. The lowest BCUT2D eigenvalue weighted by molar-refractivity contribution is -0.119. The van der Waals surface area contributed by atoms with Gasteiger partial charge in [-0.1, -0.05) is 36.4 Å². The Morgan fingerprint density at radius 2 is 1.57 bits per heavy atom. The second-order valence-corrected chi connectivity index (χ2v) is 9.37. The van der Waals surface area contributed by atoms with Crippen LogP contribution in [0, 0.1) is 11.6 Å². The van der Waals surface area contributed by atoms with E-state index in [-0.39, 0.29) is 18.2 Å². The fraction of sp³-hybridized carbons (Fsp3) is 0.240. The molecule has 0 aliphatic heterocycles. The molecular weight excluding hydrogens is 478 g/mol. The van der Waals surface area contributed by atoms with Crippen molar-refractivity contribution in [1.82, 2.24) is 5.32 Å². The number of primary amides is 1. The Morgan fingerprint density at radius 3 is 2.14 bits per heavy atom. The van der Waals surface area contributed by atoms with Crippen LogP contribution in [0.5, 0.6) is 5.75 Å². The van der Waals surface area contributed by atoms with Crippen molar-refractivity contribution in [1.29, 1.82) is 0 Å². The number of halogens is 2. The number of ether oxygens (including phenoxy) is 1. The van der Waals surface area contributed by atoms with E-state index in [9.17, 15) is 22.0 Å². The molecule has 0 saturated heterocycles. The summed E-state index contributed by atoms with van der Waals surface area (Å²) in [4.78, 5) is 11.2. The van der Waals surface area contributed by atoms with Crippen LogP contribution >= 0.6 is 0 Å². The lowest BCUT2D eigenvalue weighted by atomic mass is 10.0. The molecule has 0 heterocycles. The van der Waals surface area contributed by atoms with Gasteiger partial charge in [-0.15, -0.1) is 0 Å². The number of amides is 1. The molecule has 0 spiro atoms. The Kier molecular flexibility index (Phi) is 10.3. The van der Waals surface area contributed by atoms with E-state index in [1.807, 2.05) is 24.3 Å². The van der Waals surface area contributed by atoms with E-state index in [1.165, 1.54) is 24.3 Å². The minimum Gasteiger partial charge on any atom is -0.489 e. The minimum absolute atomic E-state index is 0.213. The number of nitrogens with two attached hydrogens (primary N) is 1. The number of hydrogen-bond acceptors (Lipinski definition) is 5. The van der Waals surface area contributed by atoms with Gasteiger partial charge in [0.2, 0.25) is 5.91 Å². The van der Waals surface area contributed by atoms with Gasteiger partial charge < -0.3 is 15.8 Å². The molecule has 35 heavy (non-hydrogen) atoms. The van der Waals surface area contributed by atoms with Gasteiger partial charge in [0.25, 0.3) is 10.1 Å². The highest BCUT2D eigenvalue weighted by Gasteiger charge is 2.11. The number of carbonyl (C=O) groups is 1. The number of hydrogen-bond donors (Lipinski definition) is 3. The van der Waals surface area contributed by atoms with Crippen molar-refractivity contribution >= 4 is 16.0 Å². The molecule has 188 valence electrons. The van der Waals surface area contributed by atoms with Gasteiger partial charge in [0.05, 0.1) is 12.3 Å². The van der Waals surface area contributed by atoms with E-state index in [2.05, 4.69) is 5.32 Å². The average molecular weight is 507 g/mol. The predicted molar refractivity (Wildman–Crippen MR) is 129 cm³/mol. The van der Waals surface area contributed by atoms with Crippen LogP contribution in [0.25, 0.3) is 0 Å². The second kappa shape index (κ2) is 12.9. The molecule has 0 bridgehead atoms. The van der Waals surface area contributed by atoms with Crippen LogP contribution in [-0.2, 0) is 34.5 Å². The zero-order chi connectivity index (χ0) is 26.0. The van der Waals surface area contributed by atoms with E-state index in [0.717, 1.165) is 16.7 Å². The first kappa shape index (κ1) is 27.9. The summed E-state index contributed by atoms with van der Waals surface area (Å²) in [5.74, 6) is -0.413. The number of carbonyl (C=O) groups excluding carboxylic acids is 1. The Bertz CT molecular complexity index is 1240. The third-order valence-corrected chi connectivity index (χ3v) is 4.73. The van der Waals surface area contributed by atoms with E-state index in [0.29, 0.717) is 30.5 Å². The van der Waals surface area contributed by atoms with E-state index in [1.54, 1.807) is 25.1 Å². The highest BCUT2D eigenvalue weighted by molar-refractivity contribution is 7.85. The van der Waals surface area contributed by atoms with Crippen molar-refractivity contribution in [3.63, 3.8) is 0 Å². The molecule has 0 aliphatic carbocycles. The van der Waals surface area contributed by atoms with Gasteiger partial charge in [-0.05, 0) is 59.5 Å². The van der Waals surface area contributed by atoms with Crippen molar-refractivity contribution in [2.24, 2.45) is 5.73 Å². The molecule has 10 heteroatoms. The molecular formula is C25H28F2N2O5S. The third kappa shape index (κ3) is 11.1. The molecule has 0 aliphatic rings. The van der Waals surface area contributed by atoms with Crippen molar-refractivity contribution in [2.45, 2.75) is 32.5 Å². The largest absolute Gasteiger partial charge is 0.489 e. The van der Waals surface area contributed by atoms with Crippen molar-refractivity contribution < 1.29 is 31.3 Å². The van der Waals surface area contributed by atoms with Crippen LogP contribution in [0.3, 0.4) is 0 Å². The van der Waals surface area contributed by atoms with Gasteiger partial charge in [0, 0.05) is 13.0 Å². The Morgan fingerprint density at radius 1 is 1.00 bits per heavy atom. The lowest BCUT2D eigenvalue weighted by Gasteiger charge is -2.15. The summed E-state index contributed by atoms with van der Waals surface area (Å²) in [6.07, 6.45) is 1.18. The average Bonchev–Trinajstić information content (AvgIpc) is 2.75. The van der Waals surface area contributed by atoms with Gasteiger partial charge >= 0.3 is 0 Å². The molecule has 0 unspecified atom stereocenters. The molecule has 7 nitrogen and oxygen atoms in total. The number of rotatable bonds is 9. The SMILES string of the molecule is CS(=O)(=O)O.C[C@@H](NCc1ccc(OCc2cccc(F)c2)c(Cc2cccc(F)c2)c1)C(N)=O. The van der Waals surface area contributed by atoms with Crippen molar-refractivity contribution in [2.75, 3.05) is 6.26 Å². The molecule has 3 aromatic carbocycles. The minimum atomic E-state index is -3.67. The molecule has 0 fully saturated rings. The van der Waals surface area contributed by atoms with E-state index >= 15 is 0 Å². The Labute approximate surface area is 203 Å². The van der Waals surface area contributed by atoms with Crippen LogP contribution in [0.2, 0.25) is 0 Å². The summed E-state index contributed by atoms with van der Waals surface area (Å²) in [6.45, 7) is 2.36. The van der Waals surface area contributed by atoms with Crippen LogP contribution in [0.15, 0.2) is 66.7 Å². The molecule has 1 amide bonds. The maximum absolute atomic E-state index is 13.6. The topological polar surface area (TPSA) is 119 Å². The summed E-state index contributed by atoms with van der Waals surface area (Å²) in [7, 11) is -3.67. The van der Waals surface area contributed by atoms with Crippen LogP contribution < -0.4 is 15.8 Å². The van der Waals surface area contributed by atoms with E-state index < -0.39 is 22.1 Å². The number of benzene rings is 3. The molecule has 1 atom stereocenters. The fourth-order valence-corrected chi connectivity index (χ4v) is 3.05. The predicted octanol–water partition coefficient (Wildman–Crippen LogP) is 3.60. The van der Waals surface area contributed by atoms with Crippen LogP contribution in [-0.4, -0.2) is 31.2 Å². The van der Waals surface area contributed by atoms with Crippen LogP contribution in [0.1, 0.15) is 29.2 Å². The molecule has 0 saturated carbocycles. The van der Waals surface area contributed by atoms with Gasteiger partial charge in [0.15, 0.2) is 0 Å². The van der Waals surface area contributed by atoms with E-state index in [4.69, 9.17) is 15.0 Å². The zero-order valence-electron chi connectivity index (χ0n) is 19.4. The van der Waals surface area contributed by atoms with Gasteiger partial charge in [-0.2, -0.15) is 8.42 Å². The summed E-state index contributed by atoms with van der Waals surface area (Å²) in [6, 6.07) is 17.8. The quantitative estimate of drug-likeness (QED) is 0.382. The van der Waals surface area contributed by atoms with Gasteiger partial charge in [-0.3, -0.25) is 9.35 Å². The highest BCUT2D eigenvalue weighted by atomic mass is 32.2. The van der Waals surface area contributed by atoms with Crippen molar-refractivity contribution in [3.8, 4) is 5.75 Å². The summed E-state index contributed by atoms with van der Waals surface area (Å²) in [5, 5.41) is 3.07. The normalized spacial score (nSPS) is 11.8. The maximum Gasteiger partial charge on any atom is 0.261 e. The summed E-state index contributed by atoms with van der Waals surface area (Å²) in [5.41, 5.74) is 8.62. The Balaban J connectivity index is 0.000000784. The summed E-state index contributed by atoms with van der Waals surface area (Å²) >= 11 is 0. The maximum atomic E-state index is 13.6. The number of nitrogens with one attached hydrogen (secondary N) is 1. The molecule has 3 aromatic rings. The van der Waals surface area contributed by atoms with Crippen molar-refractivity contribution in [3.05, 3.63) is 101 Å². The standard InChI is InChI=1S/C24H24F2N2O2.CH4O3S/c1-16(24(27)29)28-14-18-8-9-23(30-15-19-5-3-7-22(26)13-19)20(11-18)10-17-4-2-6-21(25)12-17;1-5(2,3)4/h2-9,11-13,16,28H,10,14-15H2,1H3,(H2,27,29);1H3,(H,2,3,4)/t16-;/m1./s1. The van der Waals surface area contributed by atoms with Gasteiger partial charge in [0.1, 0.15) is 24.0 Å². The molecule has 4 N–H and O–H groups in total. The first-order chi connectivity index (χ1) is 16.4. The fourth-order valence-electron chi connectivity index (χ4n) is 3.05. The first-order valence-corrected chi connectivity index (χ1v) is 12.4. The molecule has 0 radical (unpaired) electrons. The second-order valence-electron chi connectivity index (χ2n) is 7.91. The first-order valence-electron chi connectivity index (χ1n) is 10.6. The summed E-state index contributed by atoms with van der Waals surface area (Å²) < 4.78 is 58.9. The lowest BCUT2D eigenvalue weighted by Crippen LogP contribution is -2.38. The molecule has 0 aromatic heterocycles. The Hall–Kier alpha value is -3.34. The zero-order valence-corrected chi connectivity index (χ0v) is 20.2. The van der Waals surface area contributed by atoms with Gasteiger partial charge in [-0.25, -0.2) is 8.78 Å². The smallest absolute Gasteiger partial charge is 0.261 e.